The Bertz CT molecular complexity index is 1240. The van der Waals surface area contributed by atoms with Crippen molar-refractivity contribution < 1.29 is 9.53 Å². The normalized spacial score (nSPS) is 13.7. The minimum Gasteiger partial charge on any atom is -0.472 e. The highest BCUT2D eigenvalue weighted by atomic mass is 32.1. The van der Waals surface area contributed by atoms with Gasteiger partial charge in [-0.25, -0.2) is 15.0 Å². The number of rotatable bonds is 5. The number of benzene rings is 1. The Balaban J connectivity index is 1.36. The average molecular weight is 418 g/mol. The molecule has 150 valence electrons. The molecule has 8 nitrogen and oxygen atoms in total. The molecule has 0 aliphatic carbocycles. The summed E-state index contributed by atoms with van der Waals surface area (Å²) in [6, 6.07) is 11.2. The van der Waals surface area contributed by atoms with Gasteiger partial charge in [0.25, 0.3) is 5.91 Å². The molecule has 0 saturated carbocycles. The number of hydrogen-bond donors (Lipinski definition) is 3. The van der Waals surface area contributed by atoms with Crippen LogP contribution in [0.2, 0.25) is 0 Å². The third-order valence-electron chi connectivity index (χ3n) is 4.80. The fraction of sp³-hybridized carbons (Fsp3) is 0.143. The summed E-state index contributed by atoms with van der Waals surface area (Å²) in [5.74, 6) is 0.636. The minimum absolute atomic E-state index is 0.0982. The number of thiazole rings is 1. The first-order valence-corrected chi connectivity index (χ1v) is 10.2. The molecule has 30 heavy (non-hydrogen) atoms. The van der Waals surface area contributed by atoms with Crippen molar-refractivity contribution in [2.75, 3.05) is 24.1 Å². The maximum atomic E-state index is 12.7. The van der Waals surface area contributed by atoms with Gasteiger partial charge in [-0.05, 0) is 29.1 Å². The summed E-state index contributed by atoms with van der Waals surface area (Å²) in [5, 5.41) is 8.44. The van der Waals surface area contributed by atoms with Gasteiger partial charge in [0, 0.05) is 48.7 Å². The standard InChI is InChI=1S/C21H18N6O2S/c22-21-26-11-17(30-21)12-1-2-14-8-25-18(6-15(14)5-12)27-20(28)13-3-4-24-19(7-13)29-16-9-23-10-16/h1-8,11,16,23H,9-10H2,(H2,22,26)(H,25,27,28). The number of nitrogen functional groups attached to an aromatic ring is 1. The average Bonchev–Trinajstić information content (AvgIpc) is 3.17. The van der Waals surface area contributed by atoms with E-state index in [9.17, 15) is 4.79 Å². The molecule has 1 aromatic carbocycles. The van der Waals surface area contributed by atoms with Crippen LogP contribution in [-0.2, 0) is 0 Å². The van der Waals surface area contributed by atoms with Crippen molar-refractivity contribution in [2.24, 2.45) is 0 Å². The Hall–Kier alpha value is -3.56. The third-order valence-corrected chi connectivity index (χ3v) is 5.68. The van der Waals surface area contributed by atoms with Gasteiger partial charge >= 0.3 is 0 Å². The van der Waals surface area contributed by atoms with E-state index in [1.165, 1.54) is 11.3 Å². The second kappa shape index (κ2) is 7.69. The zero-order valence-corrected chi connectivity index (χ0v) is 16.6. The number of hydrogen-bond acceptors (Lipinski definition) is 8. The Morgan fingerprint density at radius 2 is 2.00 bits per heavy atom. The van der Waals surface area contributed by atoms with Crippen molar-refractivity contribution in [1.82, 2.24) is 20.3 Å². The van der Waals surface area contributed by atoms with Crippen LogP contribution < -0.4 is 21.1 Å². The van der Waals surface area contributed by atoms with Crippen LogP contribution in [0.15, 0.2) is 55.0 Å². The van der Waals surface area contributed by atoms with E-state index >= 15 is 0 Å². The smallest absolute Gasteiger partial charge is 0.257 e. The number of amides is 1. The van der Waals surface area contributed by atoms with Crippen molar-refractivity contribution >= 4 is 39.0 Å². The van der Waals surface area contributed by atoms with Gasteiger partial charge in [0.05, 0.1) is 4.88 Å². The predicted octanol–water partition coefficient (Wildman–Crippen LogP) is 2.94. The molecule has 1 saturated heterocycles. The van der Waals surface area contributed by atoms with Crippen LogP contribution in [0, 0.1) is 0 Å². The van der Waals surface area contributed by atoms with E-state index in [2.05, 4.69) is 25.6 Å². The Kier molecular flexibility index (Phi) is 4.74. The largest absolute Gasteiger partial charge is 0.472 e. The molecule has 9 heteroatoms. The van der Waals surface area contributed by atoms with E-state index in [0.717, 1.165) is 34.3 Å². The van der Waals surface area contributed by atoms with E-state index in [1.807, 2.05) is 24.3 Å². The molecule has 4 aromatic rings. The molecular weight excluding hydrogens is 400 g/mol. The van der Waals surface area contributed by atoms with Crippen LogP contribution in [0.1, 0.15) is 10.4 Å². The second-order valence-corrected chi connectivity index (χ2v) is 7.99. The quantitative estimate of drug-likeness (QED) is 0.456. The van der Waals surface area contributed by atoms with Crippen LogP contribution in [0.4, 0.5) is 10.9 Å². The predicted molar refractivity (Wildman–Crippen MR) is 117 cm³/mol. The van der Waals surface area contributed by atoms with Crippen LogP contribution in [0.25, 0.3) is 21.2 Å². The summed E-state index contributed by atoms with van der Waals surface area (Å²) >= 11 is 1.43. The van der Waals surface area contributed by atoms with E-state index in [0.29, 0.717) is 22.4 Å². The summed E-state index contributed by atoms with van der Waals surface area (Å²) in [5.41, 5.74) is 7.22. The molecule has 5 rings (SSSR count). The maximum Gasteiger partial charge on any atom is 0.257 e. The topological polar surface area (TPSA) is 115 Å². The number of anilines is 2. The molecule has 3 aromatic heterocycles. The van der Waals surface area contributed by atoms with Crippen LogP contribution in [0.3, 0.4) is 0 Å². The number of carbonyl (C=O) groups excluding carboxylic acids is 1. The van der Waals surface area contributed by atoms with Crippen molar-refractivity contribution in [3.8, 4) is 16.3 Å². The molecular formula is C21H18N6O2S. The summed E-state index contributed by atoms with van der Waals surface area (Å²) < 4.78 is 5.72. The highest BCUT2D eigenvalue weighted by Gasteiger charge is 2.19. The van der Waals surface area contributed by atoms with Gasteiger partial charge in [0.1, 0.15) is 11.9 Å². The van der Waals surface area contributed by atoms with Gasteiger partial charge in [0.15, 0.2) is 5.13 Å². The monoisotopic (exact) mass is 418 g/mol. The minimum atomic E-state index is -0.271. The van der Waals surface area contributed by atoms with Gasteiger partial charge in [-0.2, -0.15) is 0 Å². The SMILES string of the molecule is Nc1ncc(-c2ccc3cnc(NC(=O)c4ccnc(OC5CNC5)c4)cc3c2)s1. The maximum absolute atomic E-state index is 12.7. The molecule has 4 heterocycles. The lowest BCUT2D eigenvalue weighted by Crippen LogP contribution is -2.50. The molecule has 0 unspecified atom stereocenters. The highest BCUT2D eigenvalue weighted by molar-refractivity contribution is 7.18. The molecule has 0 atom stereocenters. The number of fused-ring (bicyclic) bond motifs is 1. The first kappa shape index (κ1) is 18.5. The third kappa shape index (κ3) is 3.80. The summed E-state index contributed by atoms with van der Waals surface area (Å²) in [6.07, 6.45) is 5.16. The molecule has 0 bridgehead atoms. The van der Waals surface area contributed by atoms with Crippen LogP contribution in [0.5, 0.6) is 5.88 Å². The zero-order chi connectivity index (χ0) is 20.5. The lowest BCUT2D eigenvalue weighted by atomic mass is 10.1. The van der Waals surface area contributed by atoms with Gasteiger partial charge in [-0.1, -0.05) is 23.5 Å². The highest BCUT2D eigenvalue weighted by Crippen LogP contribution is 2.30. The van der Waals surface area contributed by atoms with Gasteiger partial charge in [0.2, 0.25) is 5.88 Å². The second-order valence-electron chi connectivity index (χ2n) is 6.93. The first-order valence-electron chi connectivity index (χ1n) is 9.40. The molecule has 1 amide bonds. The van der Waals surface area contributed by atoms with Crippen molar-refractivity contribution in [3.63, 3.8) is 0 Å². The van der Waals surface area contributed by atoms with E-state index in [1.54, 1.807) is 30.7 Å². The Morgan fingerprint density at radius 3 is 2.77 bits per heavy atom. The number of nitrogens with one attached hydrogen (secondary N) is 2. The first-order chi connectivity index (χ1) is 14.6. The number of ether oxygens (including phenoxy) is 1. The summed E-state index contributed by atoms with van der Waals surface area (Å²) in [6.45, 7) is 1.57. The fourth-order valence-corrected chi connectivity index (χ4v) is 3.78. The van der Waals surface area contributed by atoms with Crippen LogP contribution >= 0.6 is 11.3 Å². The van der Waals surface area contributed by atoms with Crippen molar-refractivity contribution in [1.29, 1.82) is 0 Å². The molecule has 0 spiro atoms. The molecule has 1 fully saturated rings. The number of nitrogens with zero attached hydrogens (tertiary/aromatic N) is 3. The Labute approximate surface area is 176 Å². The van der Waals surface area contributed by atoms with E-state index in [4.69, 9.17) is 10.5 Å². The van der Waals surface area contributed by atoms with Gasteiger partial charge < -0.3 is 21.1 Å². The Morgan fingerprint density at radius 1 is 1.10 bits per heavy atom. The van der Waals surface area contributed by atoms with Crippen molar-refractivity contribution in [3.05, 3.63) is 60.6 Å². The number of aromatic nitrogens is 3. The molecule has 4 N–H and O–H groups in total. The number of carbonyl (C=O) groups is 1. The lowest BCUT2D eigenvalue weighted by molar-refractivity contribution is 0.102. The number of pyridine rings is 2. The fourth-order valence-electron chi connectivity index (χ4n) is 3.10. The van der Waals surface area contributed by atoms with Gasteiger partial charge in [-0.3, -0.25) is 4.79 Å². The summed E-state index contributed by atoms with van der Waals surface area (Å²) in [4.78, 5) is 26.3. The van der Waals surface area contributed by atoms with Gasteiger partial charge in [-0.15, -0.1) is 0 Å². The van der Waals surface area contributed by atoms with Crippen LogP contribution in [-0.4, -0.2) is 40.1 Å². The van der Waals surface area contributed by atoms with E-state index < -0.39 is 0 Å². The number of nitrogens with two attached hydrogens (primary N) is 1. The van der Waals surface area contributed by atoms with Crippen molar-refractivity contribution in [2.45, 2.75) is 6.10 Å². The zero-order valence-electron chi connectivity index (χ0n) is 15.8. The summed E-state index contributed by atoms with van der Waals surface area (Å²) in [7, 11) is 0. The molecule has 1 aliphatic heterocycles. The van der Waals surface area contributed by atoms with E-state index in [-0.39, 0.29) is 12.0 Å². The molecule has 0 radical (unpaired) electrons. The molecule has 1 aliphatic rings. The lowest BCUT2D eigenvalue weighted by Gasteiger charge is -2.27.